The SMILES string of the molecule is CC1C=CC(I)C1. The van der Waals surface area contributed by atoms with Crippen LogP contribution in [0.4, 0.5) is 0 Å². The highest BCUT2D eigenvalue weighted by atomic mass is 127. The lowest BCUT2D eigenvalue weighted by atomic mass is 10.2. The maximum atomic E-state index is 2.46. The molecule has 0 bridgehead atoms. The van der Waals surface area contributed by atoms with E-state index in [-0.39, 0.29) is 0 Å². The molecule has 0 aromatic heterocycles. The van der Waals surface area contributed by atoms with E-state index < -0.39 is 0 Å². The molecule has 0 amide bonds. The molecule has 0 aromatic carbocycles. The molecule has 0 aromatic rings. The summed E-state index contributed by atoms with van der Waals surface area (Å²) in [4.78, 5) is 0. The van der Waals surface area contributed by atoms with Gasteiger partial charge in [-0.15, -0.1) is 0 Å². The van der Waals surface area contributed by atoms with Crippen molar-refractivity contribution in [2.45, 2.75) is 17.3 Å². The molecule has 1 rings (SSSR count). The van der Waals surface area contributed by atoms with Gasteiger partial charge < -0.3 is 0 Å². The average molecular weight is 208 g/mol. The number of rotatable bonds is 0. The first-order valence-corrected chi connectivity index (χ1v) is 3.86. The zero-order valence-corrected chi connectivity index (χ0v) is 6.55. The topological polar surface area (TPSA) is 0 Å². The summed E-state index contributed by atoms with van der Waals surface area (Å²) < 4.78 is 0.813. The maximum absolute atomic E-state index is 2.46. The largest absolute Gasteiger partial charge is 0.0846 e. The lowest BCUT2D eigenvalue weighted by molar-refractivity contribution is 0.717. The molecule has 1 aliphatic carbocycles. The lowest BCUT2D eigenvalue weighted by Crippen LogP contribution is -1.88. The zero-order chi connectivity index (χ0) is 5.28. The molecule has 0 aliphatic heterocycles. The molecule has 0 heterocycles. The van der Waals surface area contributed by atoms with Crippen LogP contribution in [-0.2, 0) is 0 Å². The van der Waals surface area contributed by atoms with Crippen LogP contribution in [0.5, 0.6) is 0 Å². The molecule has 0 nitrogen and oxygen atoms in total. The van der Waals surface area contributed by atoms with Crippen LogP contribution in [0.3, 0.4) is 0 Å². The van der Waals surface area contributed by atoms with Gasteiger partial charge in [0.2, 0.25) is 0 Å². The highest BCUT2D eigenvalue weighted by Gasteiger charge is 2.09. The minimum atomic E-state index is 0.813. The zero-order valence-electron chi connectivity index (χ0n) is 4.39. The number of allylic oxidation sites excluding steroid dienone is 2. The number of alkyl halides is 1. The highest BCUT2D eigenvalue weighted by molar-refractivity contribution is 14.1. The van der Waals surface area contributed by atoms with Crippen LogP contribution in [0.2, 0.25) is 0 Å². The van der Waals surface area contributed by atoms with E-state index in [0.29, 0.717) is 0 Å². The lowest BCUT2D eigenvalue weighted by Gasteiger charge is -1.95. The van der Waals surface area contributed by atoms with Crippen LogP contribution in [0, 0.1) is 5.92 Å². The third-order valence-electron chi connectivity index (χ3n) is 1.25. The van der Waals surface area contributed by atoms with Gasteiger partial charge in [-0.25, -0.2) is 0 Å². The van der Waals surface area contributed by atoms with Crippen molar-refractivity contribution < 1.29 is 0 Å². The van der Waals surface area contributed by atoms with Crippen LogP contribution in [0.15, 0.2) is 12.2 Å². The molecule has 40 valence electrons. The van der Waals surface area contributed by atoms with Gasteiger partial charge in [0, 0.05) is 3.92 Å². The molecule has 0 saturated carbocycles. The molecule has 0 spiro atoms. The van der Waals surface area contributed by atoms with Gasteiger partial charge in [-0.1, -0.05) is 41.7 Å². The molecule has 1 aliphatic rings. The van der Waals surface area contributed by atoms with Gasteiger partial charge in [-0.3, -0.25) is 0 Å². The van der Waals surface area contributed by atoms with E-state index in [4.69, 9.17) is 0 Å². The Morgan fingerprint density at radius 1 is 1.57 bits per heavy atom. The molecule has 2 atom stereocenters. The summed E-state index contributed by atoms with van der Waals surface area (Å²) in [5, 5.41) is 0. The van der Waals surface area contributed by atoms with Crippen molar-refractivity contribution in [1.82, 2.24) is 0 Å². The number of hydrogen-bond acceptors (Lipinski definition) is 0. The van der Waals surface area contributed by atoms with Crippen LogP contribution >= 0.6 is 22.6 Å². The van der Waals surface area contributed by atoms with Crippen molar-refractivity contribution in [3.63, 3.8) is 0 Å². The van der Waals surface area contributed by atoms with Gasteiger partial charge in [0.05, 0.1) is 0 Å². The molecule has 1 heteroatoms. The van der Waals surface area contributed by atoms with Gasteiger partial charge in [-0.05, 0) is 12.3 Å². The second-order valence-electron chi connectivity index (χ2n) is 2.11. The summed E-state index contributed by atoms with van der Waals surface area (Å²) in [5.41, 5.74) is 0. The predicted octanol–water partition coefficient (Wildman–Crippen LogP) is 2.39. The maximum Gasteiger partial charge on any atom is 0.0295 e. The third-order valence-corrected chi connectivity index (χ3v) is 2.17. The van der Waals surface area contributed by atoms with Crippen molar-refractivity contribution in [2.75, 3.05) is 0 Å². The monoisotopic (exact) mass is 208 g/mol. The van der Waals surface area contributed by atoms with Gasteiger partial charge in [0.15, 0.2) is 0 Å². The first-order valence-electron chi connectivity index (χ1n) is 2.61. The Balaban J connectivity index is 2.42. The van der Waals surface area contributed by atoms with E-state index >= 15 is 0 Å². The van der Waals surface area contributed by atoms with Gasteiger partial charge >= 0.3 is 0 Å². The molecular weight excluding hydrogens is 199 g/mol. The fraction of sp³-hybridized carbons (Fsp3) is 0.667. The summed E-state index contributed by atoms with van der Waals surface area (Å²) in [7, 11) is 0. The van der Waals surface area contributed by atoms with Crippen molar-refractivity contribution in [2.24, 2.45) is 5.92 Å². The summed E-state index contributed by atoms with van der Waals surface area (Å²) >= 11 is 2.46. The van der Waals surface area contributed by atoms with E-state index in [2.05, 4.69) is 41.7 Å². The van der Waals surface area contributed by atoms with Gasteiger partial charge in [0.1, 0.15) is 0 Å². The second-order valence-corrected chi connectivity index (χ2v) is 3.71. The molecular formula is C6H9I. The van der Waals surface area contributed by atoms with E-state index in [1.165, 1.54) is 6.42 Å². The Morgan fingerprint density at radius 2 is 2.29 bits per heavy atom. The minimum Gasteiger partial charge on any atom is -0.0846 e. The third kappa shape index (κ3) is 1.44. The van der Waals surface area contributed by atoms with E-state index in [1.807, 2.05) is 0 Å². The number of hydrogen-bond donors (Lipinski definition) is 0. The Kier molecular flexibility index (Phi) is 1.73. The molecule has 2 unspecified atom stereocenters. The second kappa shape index (κ2) is 2.16. The van der Waals surface area contributed by atoms with Gasteiger partial charge in [-0.2, -0.15) is 0 Å². The van der Waals surface area contributed by atoms with Crippen LogP contribution in [0.1, 0.15) is 13.3 Å². The standard InChI is InChI=1S/C6H9I/c1-5-2-3-6(7)4-5/h2-3,5-6H,4H2,1H3. The minimum absolute atomic E-state index is 0.813. The molecule has 0 saturated heterocycles. The smallest absolute Gasteiger partial charge is 0.0295 e. The summed E-state index contributed by atoms with van der Waals surface area (Å²) in [6.07, 6.45) is 5.92. The summed E-state index contributed by atoms with van der Waals surface area (Å²) in [6, 6.07) is 0. The number of halogens is 1. The normalized spacial score (nSPS) is 39.7. The van der Waals surface area contributed by atoms with Gasteiger partial charge in [0.25, 0.3) is 0 Å². The van der Waals surface area contributed by atoms with E-state index in [0.717, 1.165) is 9.84 Å². The first-order chi connectivity index (χ1) is 3.29. The van der Waals surface area contributed by atoms with Crippen LogP contribution in [0.25, 0.3) is 0 Å². The molecule has 7 heavy (non-hydrogen) atoms. The molecule has 0 fully saturated rings. The van der Waals surface area contributed by atoms with Crippen molar-refractivity contribution in [3.8, 4) is 0 Å². The summed E-state index contributed by atoms with van der Waals surface area (Å²) in [5.74, 6) is 0.835. The fourth-order valence-corrected chi connectivity index (χ4v) is 1.86. The van der Waals surface area contributed by atoms with E-state index in [9.17, 15) is 0 Å². The van der Waals surface area contributed by atoms with Crippen molar-refractivity contribution >= 4 is 22.6 Å². The fourth-order valence-electron chi connectivity index (χ4n) is 0.823. The quantitative estimate of drug-likeness (QED) is 0.325. The molecule has 0 N–H and O–H groups in total. The Bertz CT molecular complexity index is 76.2. The molecule has 0 radical (unpaired) electrons. The predicted molar refractivity (Wildman–Crippen MR) is 40.7 cm³/mol. The van der Waals surface area contributed by atoms with Crippen LogP contribution in [-0.4, -0.2) is 3.92 Å². The average Bonchev–Trinajstić information content (AvgIpc) is 1.87. The van der Waals surface area contributed by atoms with E-state index in [1.54, 1.807) is 0 Å². The Morgan fingerprint density at radius 3 is 2.43 bits per heavy atom. The van der Waals surface area contributed by atoms with Crippen molar-refractivity contribution in [3.05, 3.63) is 12.2 Å². The Labute approximate surface area is 58.1 Å². The van der Waals surface area contributed by atoms with Crippen LogP contribution < -0.4 is 0 Å². The summed E-state index contributed by atoms with van der Waals surface area (Å²) in [6.45, 7) is 2.26. The first kappa shape index (κ1) is 5.60. The highest BCUT2D eigenvalue weighted by Crippen LogP contribution is 2.22. The van der Waals surface area contributed by atoms with Crippen molar-refractivity contribution in [1.29, 1.82) is 0 Å². The Hall–Kier alpha value is 0.470.